The van der Waals surface area contributed by atoms with Crippen LogP contribution in [0.1, 0.15) is 10.4 Å². The van der Waals surface area contributed by atoms with Gasteiger partial charge in [-0.1, -0.05) is 12.1 Å². The molecule has 10 heteroatoms. The molecule has 1 aliphatic rings. The van der Waals surface area contributed by atoms with E-state index < -0.39 is 30.6 Å². The number of likely N-dealkylation sites (tertiary alicyclic amines) is 1. The molecule has 142 valence electrons. The van der Waals surface area contributed by atoms with Gasteiger partial charge < -0.3 is 14.6 Å². The lowest BCUT2D eigenvalue weighted by atomic mass is 10.0. The molecule has 7 nitrogen and oxygen atoms in total. The number of amides is 1. The van der Waals surface area contributed by atoms with Crippen molar-refractivity contribution < 1.29 is 22.4 Å². The predicted molar refractivity (Wildman–Crippen MR) is 90.1 cm³/mol. The summed E-state index contributed by atoms with van der Waals surface area (Å²) in [5.74, 6) is -2.22. The van der Waals surface area contributed by atoms with Gasteiger partial charge in [0.15, 0.2) is 5.58 Å². The predicted octanol–water partition coefficient (Wildman–Crippen LogP) is 2.68. The first-order valence-electron chi connectivity index (χ1n) is 8.28. The number of alkyl halides is 3. The van der Waals surface area contributed by atoms with Crippen molar-refractivity contribution in [3.63, 3.8) is 0 Å². The number of anilines is 1. The Morgan fingerprint density at radius 3 is 2.74 bits per heavy atom. The van der Waals surface area contributed by atoms with Crippen molar-refractivity contribution >= 4 is 23.0 Å². The van der Waals surface area contributed by atoms with E-state index in [0.717, 1.165) is 0 Å². The maximum absolute atomic E-state index is 13.5. The first-order chi connectivity index (χ1) is 12.8. The van der Waals surface area contributed by atoms with Gasteiger partial charge in [-0.2, -0.15) is 23.3 Å². The largest absolute Gasteiger partial charge is 0.424 e. The molecular weight excluding hydrogens is 363 g/mol. The normalized spacial score (nSPS) is 20.4. The van der Waals surface area contributed by atoms with Gasteiger partial charge in [0.05, 0.1) is 23.7 Å². The number of benzene rings is 1. The SMILES string of the molecule is Cn1cc(C(=O)N2C[C@@H](C(F)(F)F)[C@H](Nc3nc4ccccc4o3)C2)cn1. The van der Waals surface area contributed by atoms with Gasteiger partial charge in [0.1, 0.15) is 5.52 Å². The zero-order valence-corrected chi connectivity index (χ0v) is 14.3. The van der Waals surface area contributed by atoms with Gasteiger partial charge in [-0.15, -0.1) is 0 Å². The number of carbonyl (C=O) groups excluding carboxylic acids is 1. The number of aromatic nitrogens is 3. The summed E-state index contributed by atoms with van der Waals surface area (Å²) in [5, 5.41) is 6.61. The molecule has 2 aromatic heterocycles. The number of aryl methyl sites for hydroxylation is 1. The van der Waals surface area contributed by atoms with Crippen LogP contribution in [0.5, 0.6) is 0 Å². The molecule has 0 radical (unpaired) electrons. The zero-order chi connectivity index (χ0) is 19.2. The molecule has 1 aromatic carbocycles. The molecule has 0 aliphatic carbocycles. The molecule has 27 heavy (non-hydrogen) atoms. The van der Waals surface area contributed by atoms with Gasteiger partial charge in [0.25, 0.3) is 11.9 Å². The van der Waals surface area contributed by atoms with Crippen LogP contribution in [0.2, 0.25) is 0 Å². The fraction of sp³-hybridized carbons (Fsp3) is 0.353. The number of nitrogens with zero attached hydrogens (tertiary/aromatic N) is 4. The van der Waals surface area contributed by atoms with E-state index in [2.05, 4.69) is 15.4 Å². The van der Waals surface area contributed by atoms with E-state index >= 15 is 0 Å². The van der Waals surface area contributed by atoms with E-state index in [0.29, 0.717) is 11.1 Å². The summed E-state index contributed by atoms with van der Waals surface area (Å²) in [7, 11) is 1.64. The Kier molecular flexibility index (Phi) is 4.05. The molecule has 0 spiro atoms. The highest BCUT2D eigenvalue weighted by atomic mass is 19.4. The van der Waals surface area contributed by atoms with Crippen LogP contribution in [0.4, 0.5) is 19.2 Å². The van der Waals surface area contributed by atoms with E-state index in [9.17, 15) is 18.0 Å². The number of nitrogens with one attached hydrogen (secondary N) is 1. The molecular formula is C17H16F3N5O2. The molecule has 4 rings (SSSR count). The molecule has 1 N–H and O–H groups in total. The summed E-state index contributed by atoms with van der Waals surface area (Å²) < 4.78 is 47.4. The minimum Gasteiger partial charge on any atom is -0.424 e. The van der Waals surface area contributed by atoms with E-state index in [1.54, 1.807) is 31.3 Å². The number of oxazole rings is 1. The number of fused-ring (bicyclic) bond motifs is 1. The molecule has 3 heterocycles. The molecule has 1 aliphatic heterocycles. The third kappa shape index (κ3) is 3.34. The Labute approximate surface area is 151 Å². The average Bonchev–Trinajstić information content (AvgIpc) is 3.31. The van der Waals surface area contributed by atoms with Crippen LogP contribution in [0.3, 0.4) is 0 Å². The number of para-hydroxylation sites is 2. The Morgan fingerprint density at radius 2 is 2.07 bits per heavy atom. The van der Waals surface area contributed by atoms with Crippen LogP contribution in [-0.2, 0) is 7.05 Å². The maximum atomic E-state index is 13.5. The summed E-state index contributed by atoms with van der Waals surface area (Å²) in [4.78, 5) is 17.8. The quantitative estimate of drug-likeness (QED) is 0.757. The van der Waals surface area contributed by atoms with Crippen molar-refractivity contribution in [1.29, 1.82) is 0 Å². The molecule has 0 unspecified atom stereocenters. The smallest absolute Gasteiger partial charge is 0.395 e. The number of hydrogen-bond acceptors (Lipinski definition) is 5. The summed E-state index contributed by atoms with van der Waals surface area (Å²) in [5.41, 5.74) is 1.27. The van der Waals surface area contributed by atoms with Crippen LogP contribution < -0.4 is 5.32 Å². The zero-order valence-electron chi connectivity index (χ0n) is 14.3. The van der Waals surface area contributed by atoms with Gasteiger partial charge in [-0.25, -0.2) is 0 Å². The number of halogens is 3. The molecule has 1 fully saturated rings. The molecule has 1 amide bonds. The first-order valence-corrected chi connectivity index (χ1v) is 8.28. The topological polar surface area (TPSA) is 76.2 Å². The van der Waals surface area contributed by atoms with Gasteiger partial charge in [0, 0.05) is 26.3 Å². The number of rotatable bonds is 3. The van der Waals surface area contributed by atoms with Crippen LogP contribution >= 0.6 is 0 Å². The minimum absolute atomic E-state index is 0.00567. The van der Waals surface area contributed by atoms with Gasteiger partial charge >= 0.3 is 6.18 Å². The van der Waals surface area contributed by atoms with Crippen molar-refractivity contribution in [1.82, 2.24) is 19.7 Å². The van der Waals surface area contributed by atoms with E-state index in [1.165, 1.54) is 22.0 Å². The lowest BCUT2D eigenvalue weighted by Gasteiger charge is -2.20. The second-order valence-corrected chi connectivity index (χ2v) is 6.50. The van der Waals surface area contributed by atoms with Crippen molar-refractivity contribution in [3.05, 3.63) is 42.2 Å². The van der Waals surface area contributed by atoms with E-state index in [-0.39, 0.29) is 18.1 Å². The first kappa shape index (κ1) is 17.4. The van der Waals surface area contributed by atoms with Crippen LogP contribution in [0, 0.1) is 5.92 Å². The summed E-state index contributed by atoms with van der Waals surface area (Å²) in [6, 6.07) is 5.85. The fourth-order valence-corrected chi connectivity index (χ4v) is 3.25. The molecule has 1 saturated heterocycles. The fourth-order valence-electron chi connectivity index (χ4n) is 3.25. The molecule has 0 bridgehead atoms. The Hall–Kier alpha value is -3.04. The second kappa shape index (κ2) is 6.29. The van der Waals surface area contributed by atoms with E-state index in [1.807, 2.05) is 0 Å². The Bertz CT molecular complexity index is 947. The highest BCUT2D eigenvalue weighted by molar-refractivity contribution is 5.94. The number of carbonyl (C=O) groups is 1. The Morgan fingerprint density at radius 1 is 1.30 bits per heavy atom. The maximum Gasteiger partial charge on any atom is 0.395 e. The lowest BCUT2D eigenvalue weighted by molar-refractivity contribution is -0.171. The Balaban J connectivity index is 1.56. The third-order valence-corrected chi connectivity index (χ3v) is 4.58. The van der Waals surface area contributed by atoms with Gasteiger partial charge in [0.2, 0.25) is 0 Å². The molecule has 0 saturated carbocycles. The summed E-state index contributed by atoms with van der Waals surface area (Å²) >= 11 is 0. The third-order valence-electron chi connectivity index (χ3n) is 4.58. The number of hydrogen-bond donors (Lipinski definition) is 1. The molecule has 2 atom stereocenters. The summed E-state index contributed by atoms with van der Waals surface area (Å²) in [6.45, 7) is -0.550. The summed E-state index contributed by atoms with van der Waals surface area (Å²) in [6.07, 6.45) is -1.65. The van der Waals surface area contributed by atoms with Crippen molar-refractivity contribution in [3.8, 4) is 0 Å². The van der Waals surface area contributed by atoms with Gasteiger partial charge in [-0.05, 0) is 12.1 Å². The van der Waals surface area contributed by atoms with E-state index in [4.69, 9.17) is 4.42 Å². The van der Waals surface area contributed by atoms with Crippen LogP contribution in [0.15, 0.2) is 41.1 Å². The van der Waals surface area contributed by atoms with Crippen LogP contribution in [0.25, 0.3) is 11.1 Å². The van der Waals surface area contributed by atoms with Crippen molar-refractivity contribution in [2.45, 2.75) is 12.2 Å². The molecule has 3 aromatic rings. The van der Waals surface area contributed by atoms with Crippen LogP contribution in [-0.4, -0.2) is 50.9 Å². The monoisotopic (exact) mass is 379 g/mol. The highest BCUT2D eigenvalue weighted by Crippen LogP contribution is 2.36. The highest BCUT2D eigenvalue weighted by Gasteiger charge is 2.51. The van der Waals surface area contributed by atoms with Gasteiger partial charge in [-0.3, -0.25) is 9.48 Å². The lowest BCUT2D eigenvalue weighted by Crippen LogP contribution is -2.37. The second-order valence-electron chi connectivity index (χ2n) is 6.50. The average molecular weight is 379 g/mol. The van der Waals surface area contributed by atoms with Crippen molar-refractivity contribution in [2.75, 3.05) is 18.4 Å². The van der Waals surface area contributed by atoms with Crippen molar-refractivity contribution in [2.24, 2.45) is 13.0 Å². The standard InChI is InChI=1S/C17H16F3N5O2/c1-24-7-10(6-21-24)15(26)25-8-11(17(18,19)20)13(9-25)23-16-22-12-4-2-3-5-14(12)27-16/h2-7,11,13H,8-9H2,1H3,(H,22,23)/t11-,13-/m1/s1. The minimum atomic E-state index is -4.46.